The largest absolute Gasteiger partial charge is 0.484 e. The summed E-state index contributed by atoms with van der Waals surface area (Å²) in [4.78, 5) is 12.2. The fourth-order valence-corrected chi connectivity index (χ4v) is 3.55. The average Bonchev–Trinajstić information content (AvgIpc) is 3.06. The van der Waals surface area contributed by atoms with Gasteiger partial charge in [-0.25, -0.2) is 0 Å². The number of aromatic nitrogens is 3. The third-order valence-corrected chi connectivity index (χ3v) is 5.58. The van der Waals surface area contributed by atoms with Crippen molar-refractivity contribution in [1.82, 2.24) is 14.8 Å². The number of benzene rings is 2. The van der Waals surface area contributed by atoms with Crippen LogP contribution in [-0.2, 0) is 24.6 Å². The van der Waals surface area contributed by atoms with Gasteiger partial charge in [0.2, 0.25) is 5.91 Å². The van der Waals surface area contributed by atoms with Gasteiger partial charge in [0.05, 0.1) is 22.0 Å². The molecule has 0 unspecified atom stereocenters. The van der Waals surface area contributed by atoms with E-state index in [-0.39, 0.29) is 18.0 Å². The van der Waals surface area contributed by atoms with E-state index >= 15 is 0 Å². The Kier molecular flexibility index (Phi) is 7.34. The first-order valence-electron chi connectivity index (χ1n) is 8.70. The Morgan fingerprint density at radius 2 is 1.94 bits per heavy atom. The molecule has 0 radical (unpaired) electrons. The van der Waals surface area contributed by atoms with Crippen LogP contribution in [0.5, 0.6) is 5.75 Å². The Balaban J connectivity index is 1.59. The summed E-state index contributed by atoms with van der Waals surface area (Å²) in [5.74, 6) is 0.0859. The number of ether oxygens (including phenoxy) is 1. The molecular formula is C19H15Cl2F3N4O2S. The summed E-state index contributed by atoms with van der Waals surface area (Å²) in [5, 5.41) is 11.5. The molecule has 0 aliphatic carbocycles. The number of carbonyl (C=O) groups is 1. The van der Waals surface area contributed by atoms with Crippen LogP contribution in [0, 0.1) is 0 Å². The Morgan fingerprint density at radius 1 is 1.19 bits per heavy atom. The smallest absolute Gasteiger partial charge is 0.418 e. The quantitative estimate of drug-likeness (QED) is 0.446. The molecule has 31 heavy (non-hydrogen) atoms. The molecule has 0 spiro atoms. The minimum Gasteiger partial charge on any atom is -0.484 e. The molecule has 6 nitrogen and oxygen atoms in total. The van der Waals surface area contributed by atoms with E-state index in [2.05, 4.69) is 15.5 Å². The minimum absolute atomic E-state index is 0.0509. The van der Waals surface area contributed by atoms with Crippen LogP contribution in [0.4, 0.5) is 18.9 Å². The minimum atomic E-state index is -4.57. The van der Waals surface area contributed by atoms with E-state index in [1.54, 1.807) is 29.8 Å². The number of thioether (sulfide) groups is 1. The number of carbonyl (C=O) groups excluding carboxylic acids is 1. The molecule has 0 bridgehead atoms. The Labute approximate surface area is 189 Å². The van der Waals surface area contributed by atoms with Crippen LogP contribution in [0.2, 0.25) is 10.0 Å². The number of rotatable bonds is 7. The maximum Gasteiger partial charge on any atom is 0.418 e. The number of nitrogens with zero attached hydrogens (tertiary/aromatic N) is 3. The van der Waals surface area contributed by atoms with Crippen molar-refractivity contribution in [1.29, 1.82) is 0 Å². The molecule has 0 aliphatic heterocycles. The number of amides is 1. The summed E-state index contributed by atoms with van der Waals surface area (Å²) < 4.78 is 46.3. The Hall–Kier alpha value is -2.43. The zero-order valence-electron chi connectivity index (χ0n) is 15.9. The predicted octanol–water partition coefficient (Wildman–Crippen LogP) is 5.45. The van der Waals surface area contributed by atoms with E-state index in [4.69, 9.17) is 27.9 Å². The van der Waals surface area contributed by atoms with Crippen molar-refractivity contribution < 1.29 is 22.7 Å². The molecule has 3 rings (SSSR count). The van der Waals surface area contributed by atoms with Crippen molar-refractivity contribution >= 4 is 46.6 Å². The van der Waals surface area contributed by atoms with E-state index in [0.717, 1.165) is 17.8 Å². The molecule has 0 aliphatic rings. The number of alkyl halides is 3. The maximum atomic E-state index is 13.0. The number of hydrogen-bond acceptors (Lipinski definition) is 5. The number of anilines is 1. The predicted molar refractivity (Wildman–Crippen MR) is 113 cm³/mol. The van der Waals surface area contributed by atoms with Crippen LogP contribution < -0.4 is 10.1 Å². The second-order valence-electron chi connectivity index (χ2n) is 6.20. The zero-order chi connectivity index (χ0) is 22.6. The molecule has 2 aromatic carbocycles. The van der Waals surface area contributed by atoms with Crippen molar-refractivity contribution in [2.24, 2.45) is 7.05 Å². The third-order valence-electron chi connectivity index (χ3n) is 4.01. The van der Waals surface area contributed by atoms with Gasteiger partial charge in [0.1, 0.15) is 12.4 Å². The van der Waals surface area contributed by atoms with E-state index in [1.807, 2.05) is 0 Å². The molecule has 0 fully saturated rings. The van der Waals surface area contributed by atoms with Crippen LogP contribution in [0.1, 0.15) is 11.4 Å². The highest BCUT2D eigenvalue weighted by molar-refractivity contribution is 7.99. The Bertz CT molecular complexity index is 1090. The summed E-state index contributed by atoms with van der Waals surface area (Å²) in [6.45, 7) is 0.0509. The van der Waals surface area contributed by atoms with E-state index < -0.39 is 17.6 Å². The lowest BCUT2D eigenvalue weighted by atomic mass is 10.1. The lowest BCUT2D eigenvalue weighted by Crippen LogP contribution is -2.18. The van der Waals surface area contributed by atoms with Crippen LogP contribution in [0.15, 0.2) is 47.6 Å². The first-order valence-corrected chi connectivity index (χ1v) is 10.4. The van der Waals surface area contributed by atoms with Gasteiger partial charge >= 0.3 is 6.18 Å². The van der Waals surface area contributed by atoms with Gasteiger partial charge in [-0.15, -0.1) is 10.2 Å². The van der Waals surface area contributed by atoms with Gasteiger partial charge in [-0.3, -0.25) is 4.79 Å². The normalized spacial score (nSPS) is 11.4. The van der Waals surface area contributed by atoms with Crippen LogP contribution in [-0.4, -0.2) is 26.4 Å². The van der Waals surface area contributed by atoms with E-state index in [1.165, 1.54) is 18.2 Å². The summed E-state index contributed by atoms with van der Waals surface area (Å²) in [6.07, 6.45) is -4.57. The van der Waals surface area contributed by atoms with Crippen molar-refractivity contribution in [3.8, 4) is 5.75 Å². The lowest BCUT2D eigenvalue weighted by Gasteiger charge is -2.13. The summed E-state index contributed by atoms with van der Waals surface area (Å²) >= 11 is 13.0. The molecule has 12 heteroatoms. The second-order valence-corrected chi connectivity index (χ2v) is 7.99. The van der Waals surface area contributed by atoms with Crippen LogP contribution in [0.25, 0.3) is 0 Å². The molecule has 0 atom stereocenters. The molecule has 1 heterocycles. The van der Waals surface area contributed by atoms with Crippen molar-refractivity contribution in [2.75, 3.05) is 11.1 Å². The molecular weight excluding hydrogens is 476 g/mol. The fraction of sp³-hybridized carbons (Fsp3) is 0.211. The van der Waals surface area contributed by atoms with E-state index in [9.17, 15) is 18.0 Å². The molecule has 1 aromatic heterocycles. The van der Waals surface area contributed by atoms with Gasteiger partial charge < -0.3 is 14.6 Å². The number of nitrogens with one attached hydrogen (secondary N) is 1. The molecule has 1 amide bonds. The van der Waals surface area contributed by atoms with Crippen LogP contribution >= 0.6 is 35.0 Å². The maximum absolute atomic E-state index is 13.0. The number of hydrogen-bond donors (Lipinski definition) is 1. The van der Waals surface area contributed by atoms with Crippen molar-refractivity contribution in [2.45, 2.75) is 17.9 Å². The van der Waals surface area contributed by atoms with Crippen LogP contribution in [0.3, 0.4) is 0 Å². The monoisotopic (exact) mass is 490 g/mol. The van der Waals surface area contributed by atoms with Gasteiger partial charge in [-0.1, -0.05) is 47.1 Å². The zero-order valence-corrected chi connectivity index (χ0v) is 18.2. The SMILES string of the molecule is Cn1c(COc2cc(Cl)ccc2Cl)nnc1SCC(=O)Nc1ccccc1C(F)(F)F. The fourth-order valence-electron chi connectivity index (χ4n) is 2.48. The third kappa shape index (κ3) is 6.05. The highest BCUT2D eigenvalue weighted by atomic mass is 35.5. The lowest BCUT2D eigenvalue weighted by molar-refractivity contribution is -0.137. The van der Waals surface area contributed by atoms with Gasteiger partial charge in [-0.05, 0) is 24.3 Å². The summed E-state index contributed by atoms with van der Waals surface area (Å²) in [7, 11) is 1.68. The first-order chi connectivity index (χ1) is 14.6. The topological polar surface area (TPSA) is 69.0 Å². The molecule has 1 N–H and O–H groups in total. The second kappa shape index (κ2) is 9.80. The van der Waals surface area contributed by atoms with Crippen molar-refractivity contribution in [3.05, 3.63) is 63.9 Å². The highest BCUT2D eigenvalue weighted by Gasteiger charge is 2.33. The Morgan fingerprint density at radius 3 is 2.68 bits per heavy atom. The number of halogens is 5. The van der Waals surface area contributed by atoms with E-state index in [0.29, 0.717) is 26.8 Å². The van der Waals surface area contributed by atoms with Gasteiger partial charge in [-0.2, -0.15) is 13.2 Å². The van der Waals surface area contributed by atoms with Gasteiger partial charge in [0, 0.05) is 18.1 Å². The first kappa shape index (κ1) is 23.2. The molecule has 164 valence electrons. The van der Waals surface area contributed by atoms with Gasteiger partial charge in [0.25, 0.3) is 0 Å². The molecule has 3 aromatic rings. The number of para-hydroxylation sites is 1. The average molecular weight is 491 g/mol. The summed E-state index contributed by atoms with van der Waals surface area (Å²) in [6, 6.07) is 9.58. The van der Waals surface area contributed by atoms with Crippen molar-refractivity contribution in [3.63, 3.8) is 0 Å². The molecule has 0 saturated carbocycles. The highest BCUT2D eigenvalue weighted by Crippen LogP contribution is 2.34. The van der Waals surface area contributed by atoms with Gasteiger partial charge in [0.15, 0.2) is 11.0 Å². The summed E-state index contributed by atoms with van der Waals surface area (Å²) in [5.41, 5.74) is -1.21. The molecule has 0 saturated heterocycles. The standard InChI is InChI=1S/C19H15Cl2F3N4O2S/c1-28-16(9-30-15-8-11(20)6-7-13(15)21)26-27-18(28)31-10-17(29)25-14-5-3-2-4-12(14)19(22,23)24/h2-8H,9-10H2,1H3,(H,25,29).